The maximum atomic E-state index is 13.3. The largest absolute Gasteiger partial charge is 0.507 e. The maximum absolute atomic E-state index is 13.3. The summed E-state index contributed by atoms with van der Waals surface area (Å²) in [6.45, 7) is 2.81. The highest BCUT2D eigenvalue weighted by Gasteiger charge is 2.46. The highest BCUT2D eigenvalue weighted by atomic mass is 16.5. The average Bonchev–Trinajstić information content (AvgIpc) is 3.41. The molecule has 0 spiro atoms. The molecule has 7 nitrogen and oxygen atoms in total. The second kappa shape index (κ2) is 10.5. The number of amides is 1. The normalized spacial score (nSPS) is 20.1. The maximum Gasteiger partial charge on any atom is 0.295 e. The molecular formula is C30H29NO6. The van der Waals surface area contributed by atoms with Crippen molar-refractivity contribution in [3.05, 3.63) is 101 Å². The Morgan fingerprint density at radius 1 is 1.05 bits per heavy atom. The number of aliphatic hydroxyl groups excluding tert-OH is 1. The van der Waals surface area contributed by atoms with E-state index in [-0.39, 0.29) is 30.6 Å². The Balaban J connectivity index is 1.53. The van der Waals surface area contributed by atoms with Crippen LogP contribution in [0.1, 0.15) is 35.2 Å². The van der Waals surface area contributed by atoms with Gasteiger partial charge >= 0.3 is 0 Å². The minimum atomic E-state index is -0.779. The lowest BCUT2D eigenvalue weighted by atomic mass is 9.94. The van der Waals surface area contributed by atoms with Gasteiger partial charge in [0.25, 0.3) is 11.7 Å². The summed E-state index contributed by atoms with van der Waals surface area (Å²) >= 11 is 0. The lowest BCUT2D eigenvalue weighted by Crippen LogP contribution is -2.32. The molecule has 7 heteroatoms. The van der Waals surface area contributed by atoms with E-state index in [0.717, 1.165) is 16.9 Å². The topological polar surface area (TPSA) is 85.3 Å². The number of benzene rings is 3. The van der Waals surface area contributed by atoms with E-state index in [4.69, 9.17) is 14.2 Å². The van der Waals surface area contributed by atoms with Crippen molar-refractivity contribution in [2.45, 2.75) is 32.1 Å². The standard InChI is InChI=1S/C30H29NO6/c1-19-15-23-16-22(11-12-25(23)37-19)28(32)26-27(31(13-14-35-2)30(34)29(26)33)21-9-6-10-24(17-21)36-18-20-7-4-3-5-8-20/h3-12,16-17,19,27,32H,13-15,18H2,1-2H3/t19-,27+/m0/s1. The summed E-state index contributed by atoms with van der Waals surface area (Å²) in [6.07, 6.45) is 0.758. The fraction of sp³-hybridized carbons (Fsp3) is 0.267. The first-order chi connectivity index (χ1) is 18.0. The number of likely N-dealkylation sites (tertiary alicyclic amines) is 1. The van der Waals surface area contributed by atoms with Crippen LogP contribution in [0.2, 0.25) is 0 Å². The van der Waals surface area contributed by atoms with Gasteiger partial charge in [0.2, 0.25) is 0 Å². The number of aliphatic hydroxyl groups is 1. The number of fused-ring (bicyclic) bond motifs is 1. The SMILES string of the molecule is COCCN1C(=O)C(=O)C(=C(O)c2ccc3c(c2)C[C@H](C)O3)[C@H]1c1cccc(OCc2ccccc2)c1. The lowest BCUT2D eigenvalue weighted by molar-refractivity contribution is -0.140. The number of carbonyl (C=O) groups excluding carboxylic acids is 2. The van der Waals surface area contributed by atoms with Crippen molar-refractivity contribution < 1.29 is 28.9 Å². The molecule has 1 N–H and O–H groups in total. The van der Waals surface area contributed by atoms with E-state index in [2.05, 4.69) is 0 Å². The molecule has 0 radical (unpaired) electrons. The zero-order valence-corrected chi connectivity index (χ0v) is 20.8. The molecule has 0 aromatic heterocycles. The third-order valence-corrected chi connectivity index (χ3v) is 6.67. The molecular weight excluding hydrogens is 470 g/mol. The molecule has 190 valence electrons. The molecule has 0 bridgehead atoms. The first-order valence-corrected chi connectivity index (χ1v) is 12.3. The second-order valence-electron chi connectivity index (χ2n) is 9.29. The van der Waals surface area contributed by atoms with Crippen LogP contribution in [0.3, 0.4) is 0 Å². The molecule has 2 heterocycles. The van der Waals surface area contributed by atoms with Gasteiger partial charge in [0, 0.05) is 25.6 Å². The summed E-state index contributed by atoms with van der Waals surface area (Å²) < 4.78 is 17.0. The van der Waals surface area contributed by atoms with E-state index in [1.807, 2.05) is 67.6 Å². The predicted octanol–water partition coefficient (Wildman–Crippen LogP) is 4.66. The highest BCUT2D eigenvalue weighted by Crippen LogP contribution is 2.41. The quantitative estimate of drug-likeness (QED) is 0.276. The zero-order chi connectivity index (χ0) is 25.9. The van der Waals surface area contributed by atoms with Gasteiger partial charge in [0.15, 0.2) is 0 Å². The van der Waals surface area contributed by atoms with E-state index in [1.54, 1.807) is 12.1 Å². The van der Waals surface area contributed by atoms with Gasteiger partial charge < -0.3 is 24.2 Å². The Morgan fingerprint density at radius 3 is 2.65 bits per heavy atom. The summed E-state index contributed by atoms with van der Waals surface area (Å²) in [7, 11) is 1.54. The molecule has 1 saturated heterocycles. The first-order valence-electron chi connectivity index (χ1n) is 12.3. The molecule has 37 heavy (non-hydrogen) atoms. The molecule has 3 aromatic carbocycles. The van der Waals surface area contributed by atoms with Gasteiger partial charge in [-0.15, -0.1) is 0 Å². The number of carbonyl (C=O) groups is 2. The first kappa shape index (κ1) is 24.6. The van der Waals surface area contributed by atoms with Gasteiger partial charge in [-0.05, 0) is 53.9 Å². The molecule has 1 amide bonds. The Hall–Kier alpha value is -4.10. The number of ketones is 1. The average molecular weight is 500 g/mol. The van der Waals surface area contributed by atoms with Crippen molar-refractivity contribution in [3.63, 3.8) is 0 Å². The molecule has 1 fully saturated rings. The van der Waals surface area contributed by atoms with Crippen LogP contribution in [-0.2, 0) is 27.4 Å². The summed E-state index contributed by atoms with van der Waals surface area (Å²) in [5, 5.41) is 11.4. The summed E-state index contributed by atoms with van der Waals surface area (Å²) in [6, 6.07) is 21.6. The number of methoxy groups -OCH3 is 1. The molecule has 2 atom stereocenters. The molecule has 5 rings (SSSR count). The summed E-state index contributed by atoms with van der Waals surface area (Å²) in [4.78, 5) is 27.8. The van der Waals surface area contributed by atoms with Crippen molar-refractivity contribution in [1.29, 1.82) is 0 Å². The van der Waals surface area contributed by atoms with Crippen LogP contribution in [0.5, 0.6) is 11.5 Å². The molecule has 0 saturated carbocycles. The van der Waals surface area contributed by atoms with E-state index in [1.165, 1.54) is 12.0 Å². The van der Waals surface area contributed by atoms with Crippen LogP contribution in [0.25, 0.3) is 5.76 Å². The van der Waals surface area contributed by atoms with Gasteiger partial charge in [0.1, 0.15) is 30.0 Å². The van der Waals surface area contributed by atoms with Crippen molar-refractivity contribution in [3.8, 4) is 11.5 Å². The van der Waals surface area contributed by atoms with Crippen molar-refractivity contribution in [1.82, 2.24) is 4.90 Å². The minimum absolute atomic E-state index is 0.0469. The second-order valence-corrected chi connectivity index (χ2v) is 9.29. The summed E-state index contributed by atoms with van der Waals surface area (Å²) in [5.41, 5.74) is 3.17. The van der Waals surface area contributed by atoms with Crippen LogP contribution in [0.4, 0.5) is 0 Å². The van der Waals surface area contributed by atoms with Crippen LogP contribution in [-0.4, -0.2) is 48.1 Å². The third kappa shape index (κ3) is 4.95. The Bertz CT molecular complexity index is 1350. The van der Waals surface area contributed by atoms with Crippen LogP contribution >= 0.6 is 0 Å². The minimum Gasteiger partial charge on any atom is -0.507 e. The zero-order valence-electron chi connectivity index (χ0n) is 20.8. The number of nitrogens with zero attached hydrogens (tertiary/aromatic N) is 1. The molecule has 0 aliphatic carbocycles. The number of Topliss-reactive ketones (excluding diaryl/α,β-unsaturated/α-hetero) is 1. The number of rotatable bonds is 8. The smallest absolute Gasteiger partial charge is 0.295 e. The Kier molecular flexibility index (Phi) is 6.97. The number of hydrogen-bond donors (Lipinski definition) is 1. The van der Waals surface area contributed by atoms with E-state index >= 15 is 0 Å². The highest BCUT2D eigenvalue weighted by molar-refractivity contribution is 6.46. The van der Waals surface area contributed by atoms with Gasteiger partial charge in [-0.2, -0.15) is 0 Å². The van der Waals surface area contributed by atoms with Gasteiger partial charge in [-0.25, -0.2) is 0 Å². The monoisotopic (exact) mass is 499 g/mol. The number of ether oxygens (including phenoxy) is 3. The lowest BCUT2D eigenvalue weighted by Gasteiger charge is -2.25. The van der Waals surface area contributed by atoms with Gasteiger partial charge in [-0.3, -0.25) is 9.59 Å². The van der Waals surface area contributed by atoms with E-state index in [0.29, 0.717) is 29.9 Å². The molecule has 3 aromatic rings. The Morgan fingerprint density at radius 2 is 1.86 bits per heavy atom. The van der Waals surface area contributed by atoms with E-state index in [9.17, 15) is 14.7 Å². The third-order valence-electron chi connectivity index (χ3n) is 6.67. The van der Waals surface area contributed by atoms with Crippen molar-refractivity contribution in [2.75, 3.05) is 20.3 Å². The van der Waals surface area contributed by atoms with Crippen molar-refractivity contribution >= 4 is 17.4 Å². The van der Waals surface area contributed by atoms with Crippen LogP contribution in [0, 0.1) is 0 Å². The van der Waals surface area contributed by atoms with Crippen LogP contribution in [0.15, 0.2) is 78.4 Å². The van der Waals surface area contributed by atoms with Gasteiger partial charge in [-0.1, -0.05) is 42.5 Å². The van der Waals surface area contributed by atoms with E-state index < -0.39 is 17.7 Å². The van der Waals surface area contributed by atoms with Gasteiger partial charge in [0.05, 0.1) is 18.2 Å². The molecule has 2 aliphatic rings. The Labute approximate surface area is 215 Å². The fourth-order valence-corrected chi connectivity index (χ4v) is 4.89. The fourth-order valence-electron chi connectivity index (χ4n) is 4.89. The predicted molar refractivity (Wildman–Crippen MR) is 138 cm³/mol. The van der Waals surface area contributed by atoms with Crippen LogP contribution < -0.4 is 9.47 Å². The number of hydrogen-bond acceptors (Lipinski definition) is 6. The summed E-state index contributed by atoms with van der Waals surface area (Å²) in [5.74, 6) is -0.232. The molecule has 2 aliphatic heterocycles. The molecule has 0 unspecified atom stereocenters. The van der Waals surface area contributed by atoms with Crippen molar-refractivity contribution in [2.24, 2.45) is 0 Å².